The quantitative estimate of drug-likeness (QED) is 0.847. The zero-order valence-corrected chi connectivity index (χ0v) is 12.7. The molecule has 0 atom stereocenters. The number of rotatable bonds is 4. The van der Waals surface area contributed by atoms with Crippen molar-refractivity contribution in [3.63, 3.8) is 0 Å². The van der Waals surface area contributed by atoms with Crippen LogP contribution < -0.4 is 15.6 Å². The fourth-order valence-electron chi connectivity index (χ4n) is 1.87. The van der Waals surface area contributed by atoms with E-state index in [1.165, 1.54) is 0 Å². The van der Waals surface area contributed by atoms with Crippen molar-refractivity contribution < 1.29 is 18.7 Å². The van der Waals surface area contributed by atoms with Gasteiger partial charge in [-0.1, -0.05) is 17.7 Å². The van der Waals surface area contributed by atoms with Crippen molar-refractivity contribution in [3.05, 3.63) is 53.0 Å². The van der Waals surface area contributed by atoms with Crippen molar-refractivity contribution in [1.29, 1.82) is 0 Å². The molecule has 2 amide bonds. The maximum atomic E-state index is 11.9. The zero-order chi connectivity index (χ0) is 16.1. The SMILES string of the molecule is Cc1ccc(OCC(=O)NNC(=O)c2cc(C)oc2C)cc1. The number of aryl methyl sites for hydroxylation is 3. The van der Waals surface area contributed by atoms with Gasteiger partial charge in [0.05, 0.1) is 5.56 Å². The van der Waals surface area contributed by atoms with E-state index in [9.17, 15) is 9.59 Å². The van der Waals surface area contributed by atoms with Crippen LogP contribution in [-0.2, 0) is 4.79 Å². The molecule has 2 N–H and O–H groups in total. The number of furan rings is 1. The Bertz CT molecular complexity index is 674. The van der Waals surface area contributed by atoms with E-state index in [2.05, 4.69) is 10.9 Å². The van der Waals surface area contributed by atoms with Gasteiger partial charge in [0.2, 0.25) is 0 Å². The van der Waals surface area contributed by atoms with Crippen LogP contribution in [0.3, 0.4) is 0 Å². The van der Waals surface area contributed by atoms with Crippen molar-refractivity contribution in [2.45, 2.75) is 20.8 Å². The van der Waals surface area contributed by atoms with Gasteiger partial charge in [0.1, 0.15) is 17.3 Å². The maximum Gasteiger partial charge on any atom is 0.276 e. The fraction of sp³-hybridized carbons (Fsp3) is 0.250. The van der Waals surface area contributed by atoms with Crippen molar-refractivity contribution in [1.82, 2.24) is 10.9 Å². The summed E-state index contributed by atoms with van der Waals surface area (Å²) in [5.74, 6) is 0.843. The highest BCUT2D eigenvalue weighted by molar-refractivity contribution is 5.96. The lowest BCUT2D eigenvalue weighted by Crippen LogP contribution is -2.43. The van der Waals surface area contributed by atoms with Gasteiger partial charge in [0, 0.05) is 0 Å². The summed E-state index contributed by atoms with van der Waals surface area (Å²) >= 11 is 0. The lowest BCUT2D eigenvalue weighted by atomic mass is 10.2. The van der Waals surface area contributed by atoms with Crippen molar-refractivity contribution in [2.75, 3.05) is 6.61 Å². The van der Waals surface area contributed by atoms with E-state index in [1.807, 2.05) is 19.1 Å². The largest absolute Gasteiger partial charge is 0.484 e. The molecular formula is C16H18N2O4. The van der Waals surface area contributed by atoms with E-state index in [0.29, 0.717) is 22.8 Å². The molecule has 1 aromatic heterocycles. The molecular weight excluding hydrogens is 284 g/mol. The number of benzene rings is 1. The lowest BCUT2D eigenvalue weighted by molar-refractivity contribution is -0.123. The first-order valence-corrected chi connectivity index (χ1v) is 6.81. The Kier molecular flexibility index (Phi) is 4.83. The van der Waals surface area contributed by atoms with E-state index in [1.54, 1.807) is 32.0 Å². The highest BCUT2D eigenvalue weighted by Crippen LogP contribution is 2.13. The molecule has 0 unspecified atom stereocenters. The smallest absolute Gasteiger partial charge is 0.276 e. The molecule has 0 fully saturated rings. The summed E-state index contributed by atoms with van der Waals surface area (Å²) in [6.45, 7) is 5.21. The topological polar surface area (TPSA) is 80.6 Å². The second-order valence-corrected chi connectivity index (χ2v) is 4.93. The number of ether oxygens (including phenoxy) is 1. The molecule has 0 radical (unpaired) electrons. The van der Waals surface area contributed by atoms with E-state index < -0.39 is 11.8 Å². The number of carbonyl (C=O) groups is 2. The van der Waals surface area contributed by atoms with Gasteiger partial charge in [-0.05, 0) is 39.0 Å². The van der Waals surface area contributed by atoms with Crippen LogP contribution in [0.4, 0.5) is 0 Å². The van der Waals surface area contributed by atoms with E-state index in [4.69, 9.17) is 9.15 Å². The maximum absolute atomic E-state index is 11.9. The molecule has 0 saturated carbocycles. The fourth-order valence-corrected chi connectivity index (χ4v) is 1.87. The molecule has 0 aliphatic carbocycles. The molecule has 0 aliphatic heterocycles. The van der Waals surface area contributed by atoms with Crippen LogP contribution in [0.15, 0.2) is 34.7 Å². The van der Waals surface area contributed by atoms with Gasteiger partial charge in [-0.2, -0.15) is 0 Å². The molecule has 1 aromatic carbocycles. The Balaban J connectivity index is 1.79. The molecule has 1 heterocycles. The van der Waals surface area contributed by atoms with Crippen molar-refractivity contribution >= 4 is 11.8 Å². The second kappa shape index (κ2) is 6.80. The first-order chi connectivity index (χ1) is 10.5. The first-order valence-electron chi connectivity index (χ1n) is 6.81. The minimum Gasteiger partial charge on any atom is -0.484 e. The summed E-state index contributed by atoms with van der Waals surface area (Å²) in [4.78, 5) is 23.5. The van der Waals surface area contributed by atoms with E-state index in [-0.39, 0.29) is 6.61 Å². The average Bonchev–Trinajstić information content (AvgIpc) is 2.83. The molecule has 0 saturated heterocycles. The van der Waals surface area contributed by atoms with E-state index in [0.717, 1.165) is 5.56 Å². The third-order valence-corrected chi connectivity index (χ3v) is 2.99. The first kappa shape index (κ1) is 15.6. The Hall–Kier alpha value is -2.76. The molecule has 6 heteroatoms. The highest BCUT2D eigenvalue weighted by atomic mass is 16.5. The van der Waals surface area contributed by atoms with Gasteiger partial charge in [-0.15, -0.1) is 0 Å². The van der Waals surface area contributed by atoms with E-state index >= 15 is 0 Å². The van der Waals surface area contributed by atoms with Gasteiger partial charge in [-0.3, -0.25) is 20.4 Å². The van der Waals surface area contributed by atoms with Crippen LogP contribution in [0.25, 0.3) is 0 Å². The molecule has 2 aromatic rings. The average molecular weight is 302 g/mol. The number of hydrazine groups is 1. The van der Waals surface area contributed by atoms with Crippen molar-refractivity contribution in [3.8, 4) is 5.75 Å². The predicted octanol–water partition coefficient (Wildman–Crippen LogP) is 2.04. The number of nitrogens with one attached hydrogen (secondary N) is 2. The van der Waals surface area contributed by atoms with Crippen LogP contribution in [0.2, 0.25) is 0 Å². The summed E-state index contributed by atoms with van der Waals surface area (Å²) in [5.41, 5.74) is 6.11. The number of amides is 2. The van der Waals surface area contributed by atoms with Crippen LogP contribution in [0.5, 0.6) is 5.75 Å². The Morgan fingerprint density at radius 2 is 1.77 bits per heavy atom. The van der Waals surface area contributed by atoms with Gasteiger partial charge in [0.15, 0.2) is 6.61 Å². The van der Waals surface area contributed by atoms with Gasteiger partial charge in [0.25, 0.3) is 11.8 Å². The summed E-state index contributed by atoms with van der Waals surface area (Å²) in [6.07, 6.45) is 0. The molecule has 0 bridgehead atoms. The Morgan fingerprint density at radius 3 is 2.36 bits per heavy atom. The van der Waals surface area contributed by atoms with Crippen LogP contribution >= 0.6 is 0 Å². The second-order valence-electron chi connectivity index (χ2n) is 4.93. The summed E-state index contributed by atoms with van der Waals surface area (Å²) < 4.78 is 10.6. The zero-order valence-electron chi connectivity index (χ0n) is 12.7. The molecule has 6 nitrogen and oxygen atoms in total. The molecule has 2 rings (SSSR count). The van der Waals surface area contributed by atoms with Crippen molar-refractivity contribution in [2.24, 2.45) is 0 Å². The monoisotopic (exact) mass is 302 g/mol. The van der Waals surface area contributed by atoms with Gasteiger partial charge in [-0.25, -0.2) is 0 Å². The van der Waals surface area contributed by atoms with Crippen LogP contribution in [0, 0.1) is 20.8 Å². The van der Waals surface area contributed by atoms with Crippen LogP contribution in [0.1, 0.15) is 27.4 Å². The summed E-state index contributed by atoms with van der Waals surface area (Å²) in [5, 5.41) is 0. The Labute approximate surface area is 128 Å². The van der Waals surface area contributed by atoms with Gasteiger partial charge < -0.3 is 9.15 Å². The molecule has 0 spiro atoms. The summed E-state index contributed by atoms with van der Waals surface area (Å²) in [7, 11) is 0. The Morgan fingerprint density at radius 1 is 1.09 bits per heavy atom. The third-order valence-electron chi connectivity index (χ3n) is 2.99. The number of hydrogen-bond acceptors (Lipinski definition) is 4. The molecule has 0 aliphatic rings. The lowest BCUT2D eigenvalue weighted by Gasteiger charge is -2.08. The minimum atomic E-state index is -0.452. The number of carbonyl (C=O) groups excluding carboxylic acids is 2. The van der Waals surface area contributed by atoms with Crippen LogP contribution in [-0.4, -0.2) is 18.4 Å². The predicted molar refractivity (Wildman–Crippen MR) is 80.5 cm³/mol. The standard InChI is InChI=1S/C16H18N2O4/c1-10-4-6-13(7-5-10)21-9-15(19)17-18-16(20)14-8-11(2)22-12(14)3/h4-8H,9H2,1-3H3,(H,17,19)(H,18,20). The highest BCUT2D eigenvalue weighted by Gasteiger charge is 2.14. The number of hydrogen-bond donors (Lipinski definition) is 2. The molecule has 22 heavy (non-hydrogen) atoms. The molecule has 116 valence electrons. The third kappa shape index (κ3) is 4.12. The summed E-state index contributed by atoms with van der Waals surface area (Å²) in [6, 6.07) is 8.94. The minimum absolute atomic E-state index is 0.188. The normalized spacial score (nSPS) is 10.1. The van der Waals surface area contributed by atoms with Gasteiger partial charge >= 0.3 is 0 Å².